The van der Waals surface area contributed by atoms with Gasteiger partial charge in [-0.3, -0.25) is 0 Å². The lowest BCUT2D eigenvalue weighted by Gasteiger charge is -2.15. The van der Waals surface area contributed by atoms with Crippen molar-refractivity contribution in [2.75, 3.05) is 30.0 Å². The molecule has 1 aliphatic heterocycles. The van der Waals surface area contributed by atoms with Crippen molar-refractivity contribution in [3.05, 3.63) is 42.7 Å². The molecule has 1 saturated heterocycles. The van der Waals surface area contributed by atoms with E-state index in [4.69, 9.17) is 4.74 Å². The van der Waals surface area contributed by atoms with Gasteiger partial charge in [-0.1, -0.05) is 0 Å². The number of carbonyl (C=O) groups excluding carboxylic acids is 1. The van der Waals surface area contributed by atoms with Crippen molar-refractivity contribution in [2.45, 2.75) is 13.3 Å². The largest absolute Gasteiger partial charge is 0.492 e. The number of rotatable bonds is 6. The summed E-state index contributed by atoms with van der Waals surface area (Å²) in [5.74, 6) is 1.07. The van der Waals surface area contributed by atoms with Crippen LogP contribution in [0.15, 0.2) is 42.7 Å². The Morgan fingerprint density at radius 2 is 2.08 bits per heavy atom. The van der Waals surface area contributed by atoms with Crippen molar-refractivity contribution >= 4 is 21.6 Å². The van der Waals surface area contributed by atoms with Crippen molar-refractivity contribution in [2.24, 2.45) is 5.92 Å². The van der Waals surface area contributed by atoms with Crippen molar-refractivity contribution in [1.29, 1.82) is 0 Å². The molecule has 0 radical (unpaired) electrons. The van der Waals surface area contributed by atoms with Gasteiger partial charge >= 0.3 is 6.03 Å². The zero-order chi connectivity index (χ0) is 18.6. The van der Waals surface area contributed by atoms with E-state index >= 15 is 0 Å². The molecule has 0 saturated carbocycles. The summed E-state index contributed by atoms with van der Waals surface area (Å²) in [4.78, 5) is 12.1. The summed E-state index contributed by atoms with van der Waals surface area (Å²) in [7, 11) is -2.93. The van der Waals surface area contributed by atoms with Gasteiger partial charge in [0.1, 0.15) is 5.75 Å². The van der Waals surface area contributed by atoms with Gasteiger partial charge < -0.3 is 19.9 Å². The summed E-state index contributed by atoms with van der Waals surface area (Å²) in [6.07, 6.45) is 4.41. The first-order valence-electron chi connectivity index (χ1n) is 8.62. The maximum absolute atomic E-state index is 12.1. The minimum Gasteiger partial charge on any atom is -0.492 e. The first kappa shape index (κ1) is 18.3. The van der Waals surface area contributed by atoms with Gasteiger partial charge in [0, 0.05) is 24.6 Å². The highest BCUT2D eigenvalue weighted by Gasteiger charge is 2.27. The minimum atomic E-state index is -2.93. The average Bonchev–Trinajstić information content (AvgIpc) is 3.24. The predicted molar refractivity (Wildman–Crippen MR) is 101 cm³/mol. The van der Waals surface area contributed by atoms with E-state index in [0.29, 0.717) is 25.3 Å². The SMILES string of the molecule is CCOc1ccc(NC(=O)NCC2CCS(=O)(=O)C2)cc1-n1cccc1. The number of benzene rings is 1. The van der Waals surface area contributed by atoms with E-state index in [-0.39, 0.29) is 23.5 Å². The molecule has 1 aromatic carbocycles. The van der Waals surface area contributed by atoms with E-state index in [1.165, 1.54) is 0 Å². The molecular weight excluding hydrogens is 354 g/mol. The molecule has 3 rings (SSSR count). The molecule has 0 bridgehead atoms. The van der Waals surface area contributed by atoms with Crippen LogP contribution in [0.4, 0.5) is 10.5 Å². The summed E-state index contributed by atoms with van der Waals surface area (Å²) in [5.41, 5.74) is 1.46. The molecule has 0 spiro atoms. The lowest BCUT2D eigenvalue weighted by Crippen LogP contribution is -2.33. The highest BCUT2D eigenvalue weighted by molar-refractivity contribution is 7.91. The molecule has 1 unspecified atom stereocenters. The number of nitrogens with one attached hydrogen (secondary N) is 2. The third kappa shape index (κ3) is 4.57. The Hall–Kier alpha value is -2.48. The van der Waals surface area contributed by atoms with E-state index in [1.54, 1.807) is 6.07 Å². The Morgan fingerprint density at radius 3 is 2.73 bits per heavy atom. The zero-order valence-corrected chi connectivity index (χ0v) is 15.5. The quantitative estimate of drug-likeness (QED) is 0.809. The van der Waals surface area contributed by atoms with Gasteiger partial charge in [-0.25, -0.2) is 13.2 Å². The zero-order valence-electron chi connectivity index (χ0n) is 14.6. The van der Waals surface area contributed by atoms with Gasteiger partial charge in [-0.05, 0) is 49.6 Å². The summed E-state index contributed by atoms with van der Waals surface area (Å²) >= 11 is 0. The van der Waals surface area contributed by atoms with Crippen LogP contribution < -0.4 is 15.4 Å². The minimum absolute atomic E-state index is 0.0125. The molecule has 1 atom stereocenters. The number of ether oxygens (including phenoxy) is 1. The van der Waals surface area contributed by atoms with Gasteiger partial charge in [-0.2, -0.15) is 0 Å². The Morgan fingerprint density at radius 1 is 1.31 bits per heavy atom. The highest BCUT2D eigenvalue weighted by Crippen LogP contribution is 2.27. The molecule has 1 fully saturated rings. The molecule has 2 amide bonds. The molecular formula is C18H23N3O4S. The summed E-state index contributed by atoms with van der Waals surface area (Å²) in [6.45, 7) is 2.82. The fraction of sp³-hybridized carbons (Fsp3) is 0.389. The molecule has 26 heavy (non-hydrogen) atoms. The van der Waals surface area contributed by atoms with Crippen LogP contribution in [0.1, 0.15) is 13.3 Å². The number of amides is 2. The highest BCUT2D eigenvalue weighted by atomic mass is 32.2. The van der Waals surface area contributed by atoms with Gasteiger partial charge in [0.2, 0.25) is 0 Å². The lowest BCUT2D eigenvalue weighted by atomic mass is 10.1. The Balaban J connectivity index is 1.64. The Labute approximate surface area is 153 Å². The summed E-state index contributed by atoms with van der Waals surface area (Å²) in [6, 6.07) is 8.91. The topological polar surface area (TPSA) is 89.4 Å². The molecule has 2 N–H and O–H groups in total. The van der Waals surface area contributed by atoms with Gasteiger partial charge in [0.25, 0.3) is 0 Å². The average molecular weight is 377 g/mol. The fourth-order valence-corrected chi connectivity index (χ4v) is 4.88. The number of anilines is 1. The van der Waals surface area contributed by atoms with Crippen molar-refractivity contribution in [1.82, 2.24) is 9.88 Å². The van der Waals surface area contributed by atoms with E-state index in [2.05, 4.69) is 10.6 Å². The molecule has 8 heteroatoms. The second-order valence-electron chi connectivity index (χ2n) is 6.31. The molecule has 140 valence electrons. The second kappa shape index (κ2) is 7.82. The van der Waals surface area contributed by atoms with E-state index < -0.39 is 9.84 Å². The number of hydrogen-bond donors (Lipinski definition) is 2. The van der Waals surface area contributed by atoms with Gasteiger partial charge in [-0.15, -0.1) is 0 Å². The second-order valence-corrected chi connectivity index (χ2v) is 8.54. The number of carbonyl (C=O) groups is 1. The first-order valence-corrected chi connectivity index (χ1v) is 10.4. The molecule has 2 aromatic rings. The molecule has 1 aromatic heterocycles. The van der Waals surface area contributed by atoms with Crippen LogP contribution in [0.25, 0.3) is 5.69 Å². The van der Waals surface area contributed by atoms with Gasteiger partial charge in [0.05, 0.1) is 23.8 Å². The predicted octanol–water partition coefficient (Wildman–Crippen LogP) is 2.43. The monoisotopic (exact) mass is 377 g/mol. The van der Waals surface area contributed by atoms with Crippen molar-refractivity contribution in [3.63, 3.8) is 0 Å². The van der Waals surface area contributed by atoms with Crippen LogP contribution in [0.5, 0.6) is 5.75 Å². The van der Waals surface area contributed by atoms with E-state index in [9.17, 15) is 13.2 Å². The van der Waals surface area contributed by atoms with Crippen LogP contribution in [-0.4, -0.2) is 43.7 Å². The van der Waals surface area contributed by atoms with E-state index in [0.717, 1.165) is 11.4 Å². The van der Waals surface area contributed by atoms with Crippen LogP contribution in [-0.2, 0) is 9.84 Å². The van der Waals surface area contributed by atoms with Crippen LogP contribution in [0, 0.1) is 5.92 Å². The normalized spacial score (nSPS) is 18.4. The fourth-order valence-electron chi connectivity index (χ4n) is 3.01. The lowest BCUT2D eigenvalue weighted by molar-refractivity contribution is 0.250. The smallest absolute Gasteiger partial charge is 0.319 e. The summed E-state index contributed by atoms with van der Waals surface area (Å²) < 4.78 is 30.5. The first-order chi connectivity index (χ1) is 12.5. The summed E-state index contributed by atoms with van der Waals surface area (Å²) in [5, 5.41) is 5.54. The third-order valence-electron chi connectivity index (χ3n) is 4.28. The third-order valence-corrected chi connectivity index (χ3v) is 6.11. The standard InChI is InChI=1S/C18H23N3O4S/c1-2-25-17-6-5-15(11-16(17)21-8-3-4-9-21)20-18(22)19-12-14-7-10-26(23,24)13-14/h3-6,8-9,11,14H,2,7,10,12-13H2,1H3,(H2,19,20,22). The molecule has 2 heterocycles. The number of nitrogens with zero attached hydrogens (tertiary/aromatic N) is 1. The number of urea groups is 1. The number of aromatic nitrogens is 1. The maximum atomic E-state index is 12.1. The van der Waals surface area contributed by atoms with Gasteiger partial charge in [0.15, 0.2) is 9.84 Å². The number of hydrogen-bond acceptors (Lipinski definition) is 4. The van der Waals surface area contributed by atoms with Crippen LogP contribution in [0.3, 0.4) is 0 Å². The van der Waals surface area contributed by atoms with Crippen LogP contribution in [0.2, 0.25) is 0 Å². The molecule has 1 aliphatic rings. The Kier molecular flexibility index (Phi) is 5.51. The maximum Gasteiger partial charge on any atom is 0.319 e. The number of sulfone groups is 1. The van der Waals surface area contributed by atoms with Crippen molar-refractivity contribution in [3.8, 4) is 11.4 Å². The Bertz CT molecular complexity index is 863. The molecule has 7 nitrogen and oxygen atoms in total. The van der Waals surface area contributed by atoms with E-state index in [1.807, 2.05) is 48.1 Å². The molecule has 0 aliphatic carbocycles. The van der Waals surface area contributed by atoms with Crippen molar-refractivity contribution < 1.29 is 17.9 Å². The van der Waals surface area contributed by atoms with Crippen LogP contribution >= 0.6 is 0 Å².